The molecule has 2 aliphatic carbocycles. The van der Waals surface area contributed by atoms with Gasteiger partial charge < -0.3 is 9.88 Å². The zero-order valence-corrected chi connectivity index (χ0v) is 41.3. The Balaban J connectivity index is 1.27. The van der Waals surface area contributed by atoms with E-state index in [-0.39, 0.29) is 27.1 Å². The number of hydrogen-bond acceptors (Lipinski definition) is 2. The van der Waals surface area contributed by atoms with E-state index >= 15 is 0 Å². The first-order valence-electron chi connectivity index (χ1n) is 24.0. The molecule has 2 nitrogen and oxygen atoms in total. The first-order valence-corrected chi connectivity index (χ1v) is 24.8. The molecule has 0 saturated carbocycles. The van der Waals surface area contributed by atoms with Crippen molar-refractivity contribution in [2.75, 3.05) is 5.32 Å². The quantitative estimate of drug-likeness (QED) is 0.175. The highest BCUT2D eigenvalue weighted by Gasteiger charge is 2.44. The second-order valence-electron chi connectivity index (χ2n) is 23.7. The predicted molar refractivity (Wildman–Crippen MR) is 285 cm³/mol. The van der Waals surface area contributed by atoms with Crippen LogP contribution in [0.4, 0.5) is 11.4 Å². The van der Waals surface area contributed by atoms with Crippen LogP contribution in [0.2, 0.25) is 0 Å². The number of nitrogens with one attached hydrogen (secondary N) is 1. The third-order valence-corrected chi connectivity index (χ3v) is 17.3. The first kappa shape index (κ1) is 40.9. The molecular weight excluding hydrogens is 804 g/mol. The summed E-state index contributed by atoms with van der Waals surface area (Å²) in [4.78, 5) is 0. The van der Waals surface area contributed by atoms with E-state index in [1.54, 1.807) is 0 Å². The highest BCUT2D eigenvalue weighted by atomic mass is 32.1. The molecule has 0 spiro atoms. The molecule has 0 fully saturated rings. The number of fused-ring (bicyclic) bond motifs is 13. The predicted octanol–water partition coefficient (Wildman–Crippen LogP) is 15.5. The van der Waals surface area contributed by atoms with E-state index in [2.05, 4.69) is 208 Å². The lowest BCUT2D eigenvalue weighted by Crippen LogP contribution is -2.38. The molecule has 4 heteroatoms. The van der Waals surface area contributed by atoms with Crippen molar-refractivity contribution in [2.45, 2.75) is 123 Å². The second-order valence-corrected chi connectivity index (χ2v) is 24.8. The summed E-state index contributed by atoms with van der Waals surface area (Å²) in [5.74, 6) is 0. The number of anilines is 2. The summed E-state index contributed by atoms with van der Waals surface area (Å²) in [7, 11) is 0.855. The van der Waals surface area contributed by atoms with Crippen molar-refractivity contribution in [3.63, 3.8) is 0 Å². The Labute approximate surface area is 390 Å². The average molecular weight is 865 g/mol. The SMILES string of the molecule is CC(C)(C)c1ccc(Nc2ccc(C(C)(C)C)cc2-c2c3c(c4c5cc6c(cc5n5c4c2Bc2cc4c(cc2-5)sc2ccccc24)C(C)(C)CCC6(C)C)-c2ccccc2C3(C)C)cc1. The fourth-order valence-electron chi connectivity index (χ4n) is 12.3. The smallest absolute Gasteiger partial charge is 0.198 e. The Morgan fingerprint density at radius 3 is 1.97 bits per heavy atom. The van der Waals surface area contributed by atoms with Crippen LogP contribution in [0.5, 0.6) is 0 Å². The maximum Gasteiger partial charge on any atom is 0.198 e. The lowest BCUT2D eigenvalue weighted by molar-refractivity contribution is 0.332. The van der Waals surface area contributed by atoms with Crippen LogP contribution >= 0.6 is 11.3 Å². The Bertz CT molecular complexity index is 3520. The van der Waals surface area contributed by atoms with Gasteiger partial charge in [0.05, 0.1) is 5.52 Å². The molecule has 1 N–H and O–H groups in total. The number of aromatic nitrogens is 1. The van der Waals surface area contributed by atoms with Crippen LogP contribution in [0.15, 0.2) is 115 Å². The van der Waals surface area contributed by atoms with Crippen LogP contribution in [0.1, 0.15) is 129 Å². The van der Waals surface area contributed by atoms with Gasteiger partial charge in [0.15, 0.2) is 7.28 Å². The van der Waals surface area contributed by atoms with Gasteiger partial charge in [-0.1, -0.05) is 155 Å². The molecule has 2 aromatic heterocycles. The van der Waals surface area contributed by atoms with Crippen molar-refractivity contribution in [3.8, 4) is 27.9 Å². The maximum atomic E-state index is 4.04. The Morgan fingerprint density at radius 1 is 0.585 bits per heavy atom. The first-order chi connectivity index (χ1) is 30.7. The molecule has 1 aliphatic heterocycles. The van der Waals surface area contributed by atoms with Gasteiger partial charge in [0, 0.05) is 59.1 Å². The van der Waals surface area contributed by atoms with Crippen molar-refractivity contribution in [3.05, 3.63) is 149 Å². The summed E-state index contributed by atoms with van der Waals surface area (Å²) in [5.41, 5.74) is 23.2. The van der Waals surface area contributed by atoms with Crippen molar-refractivity contribution in [1.29, 1.82) is 0 Å². The molecule has 65 heavy (non-hydrogen) atoms. The van der Waals surface area contributed by atoms with Gasteiger partial charge in [-0.05, 0) is 144 Å². The van der Waals surface area contributed by atoms with Gasteiger partial charge in [-0.2, -0.15) is 0 Å². The third kappa shape index (κ3) is 5.84. The minimum absolute atomic E-state index is 0.0452. The van der Waals surface area contributed by atoms with Crippen LogP contribution in [-0.4, -0.2) is 11.8 Å². The summed E-state index contributed by atoms with van der Waals surface area (Å²) in [6.45, 7) is 28.9. The van der Waals surface area contributed by atoms with E-state index in [0.717, 1.165) is 18.7 Å². The lowest BCUT2D eigenvalue weighted by Gasteiger charge is -2.42. The molecule has 9 aromatic rings. The van der Waals surface area contributed by atoms with Crippen LogP contribution in [0.25, 0.3) is 69.9 Å². The Hall–Kier alpha value is -5.58. The molecule has 3 heterocycles. The standard InChI is InChI=1S/C61H61BN2S/c1-57(2,3)34-21-24-36(25-22-34)63-46-26-23-35(58(4,5)6)29-40(46)53-54-51(38-18-13-15-19-42(38)61(54,11)12)52-41-30-43-44(60(9,10)28-27-59(43,7)8)32-47(41)64-48-33-50-39(31-45(48)62-55(53)56(52)64)37-17-14-16-20-49(37)65-50/h13-26,29-33,62-63H,27-28H2,1-12H3. The van der Waals surface area contributed by atoms with Crippen LogP contribution < -0.4 is 16.2 Å². The highest BCUT2D eigenvalue weighted by molar-refractivity contribution is 7.25. The van der Waals surface area contributed by atoms with Crippen LogP contribution in [0.3, 0.4) is 0 Å². The van der Waals surface area contributed by atoms with E-state index in [9.17, 15) is 0 Å². The zero-order chi connectivity index (χ0) is 45.3. The van der Waals surface area contributed by atoms with Gasteiger partial charge in [0.1, 0.15) is 0 Å². The summed E-state index contributed by atoms with van der Waals surface area (Å²) in [6.07, 6.45) is 2.37. The van der Waals surface area contributed by atoms with Gasteiger partial charge in [0.2, 0.25) is 0 Å². The van der Waals surface area contributed by atoms with E-state index in [1.807, 2.05) is 11.3 Å². The molecule has 0 bridgehead atoms. The Morgan fingerprint density at radius 2 is 1.25 bits per heavy atom. The summed E-state index contributed by atoms with van der Waals surface area (Å²) in [5, 5.41) is 9.58. The molecule has 0 unspecified atom stereocenters. The maximum absolute atomic E-state index is 4.04. The molecule has 0 amide bonds. The van der Waals surface area contributed by atoms with Crippen molar-refractivity contribution >= 4 is 82.9 Å². The Kier molecular flexibility index (Phi) is 8.36. The summed E-state index contributed by atoms with van der Waals surface area (Å²) in [6, 6.07) is 45.2. The van der Waals surface area contributed by atoms with Crippen molar-refractivity contribution in [2.24, 2.45) is 0 Å². The van der Waals surface area contributed by atoms with Crippen LogP contribution in [0, 0.1) is 0 Å². The van der Waals surface area contributed by atoms with Gasteiger partial charge in [-0.3, -0.25) is 0 Å². The fourth-order valence-corrected chi connectivity index (χ4v) is 13.4. The topological polar surface area (TPSA) is 17.0 Å². The average Bonchev–Trinajstić information content (AvgIpc) is 3.87. The van der Waals surface area contributed by atoms with E-state index in [4.69, 9.17) is 0 Å². The third-order valence-electron chi connectivity index (χ3n) is 16.1. The summed E-state index contributed by atoms with van der Waals surface area (Å²) >= 11 is 1.93. The number of rotatable bonds is 3. The van der Waals surface area contributed by atoms with Crippen molar-refractivity contribution < 1.29 is 0 Å². The molecular formula is C61H61BN2S. The zero-order valence-electron chi connectivity index (χ0n) is 40.4. The molecule has 324 valence electrons. The van der Waals surface area contributed by atoms with Gasteiger partial charge in [-0.25, -0.2) is 0 Å². The largest absolute Gasteiger partial charge is 0.355 e. The highest BCUT2D eigenvalue weighted by Crippen LogP contribution is 2.58. The molecule has 0 atom stereocenters. The van der Waals surface area contributed by atoms with E-state index in [0.29, 0.717) is 0 Å². The minimum Gasteiger partial charge on any atom is -0.355 e. The second kappa shape index (κ2) is 13.3. The molecule has 3 aliphatic rings. The monoisotopic (exact) mass is 864 g/mol. The molecule has 0 radical (unpaired) electrons. The fraction of sp³-hybridized carbons (Fsp3) is 0.311. The normalized spacial score (nSPS) is 16.7. The van der Waals surface area contributed by atoms with Gasteiger partial charge in [-0.15, -0.1) is 11.3 Å². The van der Waals surface area contributed by atoms with Crippen molar-refractivity contribution in [1.82, 2.24) is 4.57 Å². The number of nitrogens with zero attached hydrogens (tertiary/aromatic N) is 1. The molecule has 12 rings (SSSR count). The lowest BCUT2D eigenvalue weighted by atomic mass is 9.57. The van der Waals surface area contributed by atoms with E-state index in [1.165, 1.54) is 127 Å². The number of benzene rings is 7. The van der Waals surface area contributed by atoms with E-state index < -0.39 is 0 Å². The minimum atomic E-state index is -0.257. The van der Waals surface area contributed by atoms with Gasteiger partial charge >= 0.3 is 0 Å². The van der Waals surface area contributed by atoms with Gasteiger partial charge in [0.25, 0.3) is 0 Å². The van der Waals surface area contributed by atoms with Crippen LogP contribution in [-0.2, 0) is 27.1 Å². The molecule has 7 aromatic carbocycles. The number of hydrogen-bond donors (Lipinski definition) is 1. The molecule has 0 saturated heterocycles. The summed E-state index contributed by atoms with van der Waals surface area (Å²) < 4.78 is 5.45. The number of thiophene rings is 1.